The summed E-state index contributed by atoms with van der Waals surface area (Å²) in [7, 11) is -3.37. The highest BCUT2D eigenvalue weighted by atomic mass is 32.2. The Morgan fingerprint density at radius 2 is 1.92 bits per heavy atom. The molecule has 2 rings (SSSR count). The van der Waals surface area contributed by atoms with Crippen LogP contribution in [0.25, 0.3) is 0 Å². The molecule has 1 aliphatic rings. The number of hydrogen-bond donors (Lipinski definition) is 3. The molecule has 144 valence electrons. The van der Waals surface area contributed by atoms with Gasteiger partial charge < -0.3 is 15.7 Å². The van der Waals surface area contributed by atoms with Crippen LogP contribution in [-0.2, 0) is 14.6 Å². The van der Waals surface area contributed by atoms with Gasteiger partial charge >= 0.3 is 12.0 Å². The van der Waals surface area contributed by atoms with E-state index in [9.17, 15) is 23.1 Å². The van der Waals surface area contributed by atoms with Gasteiger partial charge in [0.2, 0.25) is 0 Å². The van der Waals surface area contributed by atoms with Crippen LogP contribution in [-0.4, -0.2) is 37.8 Å². The van der Waals surface area contributed by atoms with E-state index in [1.54, 1.807) is 13.0 Å². The zero-order valence-corrected chi connectivity index (χ0v) is 16.5. The summed E-state index contributed by atoms with van der Waals surface area (Å²) < 4.78 is 23.4. The number of urea groups is 1. The van der Waals surface area contributed by atoms with Crippen LogP contribution in [0.1, 0.15) is 32.8 Å². The Bertz CT molecular complexity index is 832. The number of nitrogens with one attached hydrogen (secondary N) is 2. The van der Waals surface area contributed by atoms with Gasteiger partial charge in [-0.1, -0.05) is 19.9 Å². The highest BCUT2D eigenvalue weighted by molar-refractivity contribution is 7.90. The van der Waals surface area contributed by atoms with E-state index in [0.29, 0.717) is 12.1 Å². The van der Waals surface area contributed by atoms with Crippen LogP contribution in [0.2, 0.25) is 0 Å². The van der Waals surface area contributed by atoms with Gasteiger partial charge in [-0.3, -0.25) is 4.79 Å². The number of carboxylic acids is 1. The van der Waals surface area contributed by atoms with Gasteiger partial charge in [0.1, 0.15) is 0 Å². The zero-order valence-electron chi connectivity index (χ0n) is 15.7. The number of amides is 2. The van der Waals surface area contributed by atoms with Crippen LogP contribution < -0.4 is 10.6 Å². The SMILES string of the molecule is Cc1ccc(S(C)(=O)=O)cc1NC(=O)NC(C)[C@@H]1C[C@H](C(=O)O)C1(C)C. The maximum Gasteiger partial charge on any atom is 0.319 e. The van der Waals surface area contributed by atoms with Crippen LogP contribution in [0.4, 0.5) is 10.5 Å². The Labute approximate surface area is 154 Å². The molecule has 3 N–H and O–H groups in total. The van der Waals surface area contributed by atoms with Crippen molar-refractivity contribution in [2.75, 3.05) is 11.6 Å². The maximum absolute atomic E-state index is 12.3. The van der Waals surface area contributed by atoms with Crippen molar-refractivity contribution in [3.05, 3.63) is 23.8 Å². The van der Waals surface area contributed by atoms with Crippen LogP contribution in [0.15, 0.2) is 23.1 Å². The van der Waals surface area contributed by atoms with Crippen molar-refractivity contribution in [3.63, 3.8) is 0 Å². The number of aryl methyl sites for hydroxylation is 1. The van der Waals surface area contributed by atoms with E-state index in [1.165, 1.54) is 12.1 Å². The number of rotatable bonds is 5. The second-order valence-corrected chi connectivity index (χ2v) is 9.71. The predicted octanol–water partition coefficient (Wildman–Crippen LogP) is 2.66. The van der Waals surface area contributed by atoms with E-state index in [-0.39, 0.29) is 16.9 Å². The van der Waals surface area contributed by atoms with Crippen LogP contribution in [0, 0.1) is 24.2 Å². The lowest BCUT2D eigenvalue weighted by atomic mass is 9.53. The van der Waals surface area contributed by atoms with Crippen molar-refractivity contribution in [1.82, 2.24) is 5.32 Å². The molecule has 0 radical (unpaired) electrons. The van der Waals surface area contributed by atoms with Gasteiger partial charge in [-0.2, -0.15) is 0 Å². The molecule has 3 atom stereocenters. The minimum absolute atomic E-state index is 0.0535. The molecule has 1 aliphatic carbocycles. The Morgan fingerprint density at radius 1 is 1.31 bits per heavy atom. The van der Waals surface area contributed by atoms with Gasteiger partial charge in [-0.05, 0) is 49.3 Å². The van der Waals surface area contributed by atoms with Crippen molar-refractivity contribution in [2.24, 2.45) is 17.3 Å². The van der Waals surface area contributed by atoms with Crippen molar-refractivity contribution >= 4 is 27.5 Å². The Morgan fingerprint density at radius 3 is 2.42 bits per heavy atom. The van der Waals surface area contributed by atoms with E-state index in [2.05, 4.69) is 10.6 Å². The summed E-state index contributed by atoms with van der Waals surface area (Å²) in [6.45, 7) is 7.42. The minimum atomic E-state index is -3.37. The largest absolute Gasteiger partial charge is 0.481 e. The molecule has 7 nitrogen and oxygen atoms in total. The smallest absolute Gasteiger partial charge is 0.319 e. The van der Waals surface area contributed by atoms with Crippen molar-refractivity contribution in [1.29, 1.82) is 0 Å². The first-order valence-corrected chi connectivity index (χ1v) is 10.3. The van der Waals surface area contributed by atoms with E-state index >= 15 is 0 Å². The second-order valence-electron chi connectivity index (χ2n) is 7.69. The number of hydrogen-bond acceptors (Lipinski definition) is 4. The molecule has 1 aromatic rings. The average Bonchev–Trinajstić information content (AvgIpc) is 2.46. The molecule has 8 heteroatoms. The molecule has 2 amide bonds. The lowest BCUT2D eigenvalue weighted by Crippen LogP contribution is -2.57. The number of anilines is 1. The fourth-order valence-electron chi connectivity index (χ4n) is 3.66. The van der Waals surface area contributed by atoms with Gasteiger partial charge in [-0.25, -0.2) is 13.2 Å². The van der Waals surface area contributed by atoms with Gasteiger partial charge in [0, 0.05) is 18.0 Å². The highest BCUT2D eigenvalue weighted by Gasteiger charge is 2.53. The minimum Gasteiger partial charge on any atom is -0.481 e. The molecular weight excluding hydrogens is 356 g/mol. The number of carbonyl (C=O) groups is 2. The van der Waals surface area contributed by atoms with Crippen molar-refractivity contribution in [3.8, 4) is 0 Å². The fourth-order valence-corrected chi connectivity index (χ4v) is 4.31. The Hall–Kier alpha value is -2.09. The Kier molecular flexibility index (Phi) is 5.37. The fraction of sp³-hybridized carbons (Fsp3) is 0.556. The second kappa shape index (κ2) is 6.90. The summed E-state index contributed by atoms with van der Waals surface area (Å²) in [4.78, 5) is 23.7. The number of benzene rings is 1. The van der Waals surface area contributed by atoms with Gasteiger partial charge in [0.15, 0.2) is 9.84 Å². The van der Waals surface area contributed by atoms with Gasteiger partial charge in [0.25, 0.3) is 0 Å². The first-order valence-electron chi connectivity index (χ1n) is 8.45. The van der Waals surface area contributed by atoms with Crippen molar-refractivity contribution in [2.45, 2.75) is 45.1 Å². The normalized spacial score (nSPS) is 22.8. The molecular formula is C18H26N2O5S. The van der Waals surface area contributed by atoms with Gasteiger partial charge in [-0.15, -0.1) is 0 Å². The summed E-state index contributed by atoms with van der Waals surface area (Å²) in [6, 6.07) is 3.92. The van der Waals surface area contributed by atoms with E-state index < -0.39 is 33.2 Å². The quantitative estimate of drug-likeness (QED) is 0.725. The van der Waals surface area contributed by atoms with E-state index in [1.807, 2.05) is 20.8 Å². The number of aliphatic carboxylic acids is 1. The van der Waals surface area contributed by atoms with Crippen LogP contribution in [0.3, 0.4) is 0 Å². The summed E-state index contributed by atoms with van der Waals surface area (Å²) >= 11 is 0. The van der Waals surface area contributed by atoms with Crippen LogP contribution in [0.5, 0.6) is 0 Å². The molecule has 0 bridgehead atoms. The molecule has 1 fully saturated rings. The lowest BCUT2D eigenvalue weighted by molar-refractivity contribution is -0.160. The monoisotopic (exact) mass is 382 g/mol. The third-order valence-electron chi connectivity index (χ3n) is 5.49. The first-order chi connectivity index (χ1) is 11.8. The summed E-state index contributed by atoms with van der Waals surface area (Å²) in [5.74, 6) is -1.16. The average molecular weight is 382 g/mol. The lowest BCUT2D eigenvalue weighted by Gasteiger charge is -2.52. The highest BCUT2D eigenvalue weighted by Crippen LogP contribution is 2.52. The third-order valence-corrected chi connectivity index (χ3v) is 6.60. The third kappa shape index (κ3) is 4.00. The first kappa shape index (κ1) is 20.2. The standard InChI is InChI=1S/C18H26N2O5S/c1-10-6-7-12(26(5,24)25)8-15(10)20-17(23)19-11(2)13-9-14(16(21)22)18(13,3)4/h6-8,11,13-14H,9H2,1-5H3,(H,21,22)(H2,19,20,23)/t11?,13-,14+/m0/s1. The molecule has 1 saturated carbocycles. The molecule has 0 saturated heterocycles. The maximum atomic E-state index is 12.3. The molecule has 1 aromatic carbocycles. The molecule has 0 aromatic heterocycles. The number of carbonyl (C=O) groups excluding carboxylic acids is 1. The Balaban J connectivity index is 2.05. The van der Waals surface area contributed by atoms with Crippen molar-refractivity contribution < 1.29 is 23.1 Å². The summed E-state index contributed by atoms with van der Waals surface area (Å²) in [5.41, 5.74) is 0.772. The van der Waals surface area contributed by atoms with E-state index in [0.717, 1.165) is 11.8 Å². The number of carboxylic acid groups (broad SMARTS) is 1. The summed E-state index contributed by atoms with van der Waals surface area (Å²) in [5, 5.41) is 14.7. The molecule has 26 heavy (non-hydrogen) atoms. The molecule has 1 unspecified atom stereocenters. The predicted molar refractivity (Wildman–Crippen MR) is 98.9 cm³/mol. The summed E-state index contributed by atoms with van der Waals surface area (Å²) in [6.07, 6.45) is 1.63. The van der Waals surface area contributed by atoms with E-state index in [4.69, 9.17) is 0 Å². The van der Waals surface area contributed by atoms with Crippen LogP contribution >= 0.6 is 0 Å². The zero-order chi connectivity index (χ0) is 19.9. The number of sulfone groups is 1. The topological polar surface area (TPSA) is 113 Å². The molecule has 0 spiro atoms. The van der Waals surface area contributed by atoms with Gasteiger partial charge in [0.05, 0.1) is 10.8 Å². The molecule has 0 aliphatic heterocycles. The molecule has 0 heterocycles.